The van der Waals surface area contributed by atoms with Crippen LogP contribution in [0.2, 0.25) is 0 Å². The Hall–Kier alpha value is -2.41. The summed E-state index contributed by atoms with van der Waals surface area (Å²) in [5, 5.41) is 9.91. The van der Waals surface area contributed by atoms with Crippen LogP contribution in [0.25, 0.3) is 0 Å². The molecule has 2 aromatic heterocycles. The Morgan fingerprint density at radius 3 is 3.08 bits per heavy atom. The Balaban J connectivity index is 1.46. The normalized spacial score (nSPS) is 19.2. The number of pyridine rings is 1. The van der Waals surface area contributed by atoms with Gasteiger partial charge in [0, 0.05) is 25.4 Å². The summed E-state index contributed by atoms with van der Waals surface area (Å²) in [6.45, 7) is 6.42. The maximum atomic E-state index is 12.3. The number of carbonyl (C=O) groups is 1. The summed E-state index contributed by atoms with van der Waals surface area (Å²) >= 11 is 0. The summed E-state index contributed by atoms with van der Waals surface area (Å²) in [5.74, 6) is 1.73. The van der Waals surface area contributed by atoms with E-state index in [1.54, 1.807) is 12.3 Å². The van der Waals surface area contributed by atoms with Crippen molar-refractivity contribution in [3.63, 3.8) is 0 Å². The van der Waals surface area contributed by atoms with Crippen molar-refractivity contribution in [3.8, 4) is 0 Å². The number of amides is 1. The van der Waals surface area contributed by atoms with Crippen LogP contribution in [0.4, 0.5) is 11.7 Å². The molecular formula is C17H23N5O2. The molecule has 128 valence electrons. The van der Waals surface area contributed by atoms with Crippen LogP contribution < -0.4 is 10.6 Å². The van der Waals surface area contributed by atoms with E-state index in [-0.39, 0.29) is 11.9 Å². The van der Waals surface area contributed by atoms with Gasteiger partial charge in [0.2, 0.25) is 11.8 Å². The molecule has 7 nitrogen and oxygen atoms in total. The van der Waals surface area contributed by atoms with Crippen LogP contribution in [-0.4, -0.2) is 46.6 Å². The largest absolute Gasteiger partial charge is 0.370 e. The zero-order valence-corrected chi connectivity index (χ0v) is 14.0. The van der Waals surface area contributed by atoms with Crippen LogP contribution in [-0.2, 0) is 4.79 Å². The molecule has 3 rings (SSSR count). The molecule has 1 aliphatic rings. The molecule has 0 saturated carbocycles. The molecular weight excluding hydrogens is 306 g/mol. The van der Waals surface area contributed by atoms with E-state index in [1.807, 2.05) is 32.0 Å². The van der Waals surface area contributed by atoms with E-state index in [1.165, 1.54) is 0 Å². The highest BCUT2D eigenvalue weighted by Crippen LogP contribution is 2.20. The number of aromatic nitrogens is 2. The Morgan fingerprint density at radius 1 is 1.50 bits per heavy atom. The Bertz CT molecular complexity index is 673. The standard InChI is InChI=1S/C17H23N5O2/c1-12-9-16(24-21-12)20-17(23)13(2)22-8-6-14(11-22)10-19-15-5-3-4-7-18-15/h3-5,7,9,13-14H,6,8,10-11H2,1-2H3,(H,18,19)(H,20,23). The molecule has 1 fully saturated rings. The van der Waals surface area contributed by atoms with Crippen LogP contribution in [0.5, 0.6) is 0 Å². The summed E-state index contributed by atoms with van der Waals surface area (Å²) < 4.78 is 5.04. The number of carbonyl (C=O) groups excluding carboxylic acids is 1. The summed E-state index contributed by atoms with van der Waals surface area (Å²) in [5.41, 5.74) is 0.750. The zero-order chi connectivity index (χ0) is 16.9. The Kier molecular flexibility index (Phi) is 5.10. The number of hydrogen-bond acceptors (Lipinski definition) is 6. The molecule has 0 aliphatic carbocycles. The van der Waals surface area contributed by atoms with E-state index in [0.29, 0.717) is 11.8 Å². The van der Waals surface area contributed by atoms with Crippen molar-refractivity contribution in [2.45, 2.75) is 26.3 Å². The fourth-order valence-electron chi connectivity index (χ4n) is 2.91. The molecule has 7 heteroatoms. The molecule has 2 atom stereocenters. The number of anilines is 2. The number of aryl methyl sites for hydroxylation is 1. The van der Waals surface area contributed by atoms with Crippen molar-refractivity contribution in [2.24, 2.45) is 5.92 Å². The van der Waals surface area contributed by atoms with Crippen molar-refractivity contribution in [3.05, 3.63) is 36.2 Å². The maximum Gasteiger partial charge on any atom is 0.243 e. The zero-order valence-electron chi connectivity index (χ0n) is 14.0. The number of nitrogens with one attached hydrogen (secondary N) is 2. The molecule has 3 heterocycles. The molecule has 2 unspecified atom stereocenters. The second-order valence-electron chi connectivity index (χ2n) is 6.24. The quantitative estimate of drug-likeness (QED) is 0.845. The van der Waals surface area contributed by atoms with Gasteiger partial charge in [-0.25, -0.2) is 4.98 Å². The van der Waals surface area contributed by atoms with Gasteiger partial charge in [0.25, 0.3) is 0 Å². The van der Waals surface area contributed by atoms with Crippen LogP contribution in [0, 0.1) is 12.8 Å². The Labute approximate surface area is 141 Å². The molecule has 0 spiro atoms. The van der Waals surface area contributed by atoms with Gasteiger partial charge in [-0.3, -0.25) is 15.0 Å². The first-order chi connectivity index (χ1) is 11.6. The van der Waals surface area contributed by atoms with Gasteiger partial charge in [0.15, 0.2) is 0 Å². The second kappa shape index (κ2) is 7.44. The van der Waals surface area contributed by atoms with Crippen molar-refractivity contribution in [1.29, 1.82) is 0 Å². The first-order valence-electron chi connectivity index (χ1n) is 8.25. The minimum Gasteiger partial charge on any atom is -0.370 e. The molecule has 1 aliphatic heterocycles. The summed E-state index contributed by atoms with van der Waals surface area (Å²) in [6, 6.07) is 7.35. The Morgan fingerprint density at radius 2 is 2.38 bits per heavy atom. The lowest BCUT2D eigenvalue weighted by atomic mass is 10.1. The van der Waals surface area contributed by atoms with E-state index in [9.17, 15) is 4.79 Å². The van der Waals surface area contributed by atoms with E-state index in [2.05, 4.69) is 25.7 Å². The van der Waals surface area contributed by atoms with Crippen LogP contribution in [0.1, 0.15) is 19.0 Å². The molecule has 0 bridgehead atoms. The fourth-order valence-corrected chi connectivity index (χ4v) is 2.91. The van der Waals surface area contributed by atoms with Gasteiger partial charge in [-0.05, 0) is 44.9 Å². The van der Waals surface area contributed by atoms with Gasteiger partial charge in [0.1, 0.15) is 5.82 Å². The van der Waals surface area contributed by atoms with E-state index < -0.39 is 0 Å². The first kappa shape index (κ1) is 16.4. The van der Waals surface area contributed by atoms with Gasteiger partial charge >= 0.3 is 0 Å². The van der Waals surface area contributed by atoms with Crippen LogP contribution in [0.3, 0.4) is 0 Å². The molecule has 0 aromatic carbocycles. The SMILES string of the molecule is Cc1cc(NC(=O)C(C)N2CCC(CNc3ccccn3)C2)on1. The van der Waals surface area contributed by atoms with Crippen LogP contribution in [0.15, 0.2) is 35.0 Å². The highest BCUT2D eigenvalue weighted by molar-refractivity contribution is 5.93. The molecule has 2 N–H and O–H groups in total. The van der Waals surface area contributed by atoms with Crippen molar-refractivity contribution in [1.82, 2.24) is 15.0 Å². The van der Waals surface area contributed by atoms with Gasteiger partial charge in [0.05, 0.1) is 11.7 Å². The third kappa shape index (κ3) is 4.11. The summed E-state index contributed by atoms with van der Waals surface area (Å²) in [6.07, 6.45) is 2.85. The second-order valence-corrected chi connectivity index (χ2v) is 6.24. The number of nitrogens with zero attached hydrogens (tertiary/aromatic N) is 3. The minimum absolute atomic E-state index is 0.0653. The monoisotopic (exact) mass is 329 g/mol. The van der Waals surface area contributed by atoms with Gasteiger partial charge < -0.3 is 9.84 Å². The fraction of sp³-hybridized carbons (Fsp3) is 0.471. The first-order valence-corrected chi connectivity index (χ1v) is 8.25. The molecule has 1 amide bonds. The van der Waals surface area contributed by atoms with Crippen molar-refractivity contribution < 1.29 is 9.32 Å². The van der Waals surface area contributed by atoms with Gasteiger partial charge in [-0.1, -0.05) is 11.2 Å². The average molecular weight is 329 g/mol. The summed E-state index contributed by atoms with van der Waals surface area (Å²) in [4.78, 5) is 18.8. The van der Waals surface area contributed by atoms with Crippen LogP contribution >= 0.6 is 0 Å². The third-order valence-electron chi connectivity index (χ3n) is 4.36. The lowest BCUT2D eigenvalue weighted by molar-refractivity contribution is -0.120. The van der Waals surface area contributed by atoms with E-state index in [4.69, 9.17) is 4.52 Å². The predicted molar refractivity (Wildman–Crippen MR) is 91.7 cm³/mol. The highest BCUT2D eigenvalue weighted by atomic mass is 16.5. The van der Waals surface area contributed by atoms with Gasteiger partial charge in [-0.15, -0.1) is 0 Å². The molecule has 0 radical (unpaired) electrons. The lowest BCUT2D eigenvalue weighted by Gasteiger charge is -2.23. The average Bonchev–Trinajstić information content (AvgIpc) is 3.22. The highest BCUT2D eigenvalue weighted by Gasteiger charge is 2.29. The lowest BCUT2D eigenvalue weighted by Crippen LogP contribution is -2.41. The smallest absolute Gasteiger partial charge is 0.243 e. The number of hydrogen-bond donors (Lipinski definition) is 2. The predicted octanol–water partition coefficient (Wildman–Crippen LogP) is 2.14. The van der Waals surface area contributed by atoms with E-state index >= 15 is 0 Å². The van der Waals surface area contributed by atoms with Crippen molar-refractivity contribution >= 4 is 17.6 Å². The minimum atomic E-state index is -0.199. The van der Waals surface area contributed by atoms with E-state index in [0.717, 1.165) is 37.6 Å². The topological polar surface area (TPSA) is 83.3 Å². The summed E-state index contributed by atoms with van der Waals surface area (Å²) in [7, 11) is 0. The third-order valence-corrected chi connectivity index (χ3v) is 4.36. The number of rotatable bonds is 6. The number of likely N-dealkylation sites (tertiary alicyclic amines) is 1. The molecule has 24 heavy (non-hydrogen) atoms. The van der Waals surface area contributed by atoms with Crippen molar-refractivity contribution in [2.75, 3.05) is 30.3 Å². The van der Waals surface area contributed by atoms with Gasteiger partial charge in [-0.2, -0.15) is 0 Å². The molecule has 2 aromatic rings. The maximum absolute atomic E-state index is 12.3. The molecule has 1 saturated heterocycles.